The number of benzene rings is 1. The first-order valence-electron chi connectivity index (χ1n) is 5.80. The maximum Gasteiger partial charge on any atom is 0.258 e. The zero-order valence-corrected chi connectivity index (χ0v) is 12.0. The smallest absolute Gasteiger partial charge is 0.258 e. The third-order valence-electron chi connectivity index (χ3n) is 2.50. The van der Waals surface area contributed by atoms with Crippen LogP contribution in [-0.2, 0) is 0 Å². The Bertz CT molecular complexity index is 403. The van der Waals surface area contributed by atoms with Crippen LogP contribution in [-0.4, -0.2) is 22.4 Å². The van der Waals surface area contributed by atoms with Crippen LogP contribution in [0.4, 0.5) is 4.39 Å². The molecule has 0 aliphatic heterocycles. The van der Waals surface area contributed by atoms with Gasteiger partial charge in [0.15, 0.2) is 0 Å². The van der Waals surface area contributed by atoms with Gasteiger partial charge in [0.1, 0.15) is 17.1 Å². The lowest BCUT2D eigenvalue weighted by Crippen LogP contribution is -2.37. The maximum atomic E-state index is 13.5. The van der Waals surface area contributed by atoms with Gasteiger partial charge in [0.05, 0.1) is 0 Å². The lowest BCUT2D eigenvalue weighted by molar-refractivity contribution is 0.0930. The van der Waals surface area contributed by atoms with Gasteiger partial charge in [-0.1, -0.05) is 35.8 Å². The molecule has 5 heteroatoms. The summed E-state index contributed by atoms with van der Waals surface area (Å²) in [6, 6.07) is 3.72. The van der Waals surface area contributed by atoms with Crippen molar-refractivity contribution in [2.24, 2.45) is 5.92 Å². The molecule has 0 saturated heterocycles. The van der Waals surface area contributed by atoms with Crippen LogP contribution in [0.25, 0.3) is 0 Å². The van der Waals surface area contributed by atoms with Crippen LogP contribution in [0.2, 0.25) is 0 Å². The standard InChI is InChI=1S/C13H17BrFNO2/c1-8(2)6-9(7-14)16-13(18)12-10(15)4-3-5-11(12)17/h3-5,8-9,17H,6-7H2,1-2H3,(H,16,18). The molecule has 0 fully saturated rings. The van der Waals surface area contributed by atoms with E-state index in [2.05, 4.69) is 21.2 Å². The van der Waals surface area contributed by atoms with Crippen LogP contribution in [0, 0.1) is 11.7 Å². The lowest BCUT2D eigenvalue weighted by Gasteiger charge is -2.18. The van der Waals surface area contributed by atoms with Gasteiger partial charge in [0.25, 0.3) is 5.91 Å². The second kappa shape index (κ2) is 6.73. The number of hydrogen-bond acceptors (Lipinski definition) is 2. The van der Waals surface area contributed by atoms with Gasteiger partial charge >= 0.3 is 0 Å². The fourth-order valence-electron chi connectivity index (χ4n) is 1.72. The minimum Gasteiger partial charge on any atom is -0.507 e. The Morgan fingerprint density at radius 1 is 1.50 bits per heavy atom. The van der Waals surface area contributed by atoms with Gasteiger partial charge in [0.2, 0.25) is 0 Å². The van der Waals surface area contributed by atoms with Gasteiger partial charge in [-0.2, -0.15) is 0 Å². The third kappa shape index (κ3) is 3.98. The van der Waals surface area contributed by atoms with E-state index in [1.807, 2.05) is 13.8 Å². The van der Waals surface area contributed by atoms with E-state index in [0.29, 0.717) is 11.2 Å². The molecule has 1 atom stereocenters. The van der Waals surface area contributed by atoms with Crippen molar-refractivity contribution in [2.75, 3.05) is 5.33 Å². The number of nitrogens with one attached hydrogen (secondary N) is 1. The van der Waals surface area contributed by atoms with Crippen LogP contribution in [0.5, 0.6) is 5.75 Å². The van der Waals surface area contributed by atoms with E-state index in [4.69, 9.17) is 0 Å². The van der Waals surface area contributed by atoms with E-state index in [-0.39, 0.29) is 17.4 Å². The summed E-state index contributed by atoms with van der Waals surface area (Å²) in [6.07, 6.45) is 0.784. The molecule has 0 aliphatic carbocycles. The SMILES string of the molecule is CC(C)CC(CBr)NC(=O)c1c(O)cccc1F. The highest BCUT2D eigenvalue weighted by molar-refractivity contribution is 9.09. The number of alkyl halides is 1. The van der Waals surface area contributed by atoms with Crippen LogP contribution < -0.4 is 5.32 Å². The van der Waals surface area contributed by atoms with Crippen molar-refractivity contribution in [2.45, 2.75) is 26.3 Å². The summed E-state index contributed by atoms with van der Waals surface area (Å²) < 4.78 is 13.5. The minimum atomic E-state index is -0.717. The molecular weight excluding hydrogens is 301 g/mol. The van der Waals surface area contributed by atoms with Crippen molar-refractivity contribution in [1.82, 2.24) is 5.32 Å². The number of carbonyl (C=O) groups is 1. The average molecular weight is 318 g/mol. The Hall–Kier alpha value is -1.10. The number of hydrogen-bond donors (Lipinski definition) is 2. The molecule has 0 radical (unpaired) electrons. The van der Waals surface area contributed by atoms with Crippen molar-refractivity contribution in [3.05, 3.63) is 29.6 Å². The highest BCUT2D eigenvalue weighted by Gasteiger charge is 2.19. The summed E-state index contributed by atoms with van der Waals surface area (Å²) in [4.78, 5) is 11.9. The molecule has 2 N–H and O–H groups in total. The second-order valence-electron chi connectivity index (χ2n) is 4.59. The largest absolute Gasteiger partial charge is 0.507 e. The van der Waals surface area contributed by atoms with Crippen molar-refractivity contribution < 1.29 is 14.3 Å². The number of amides is 1. The normalized spacial score (nSPS) is 12.5. The molecule has 1 unspecified atom stereocenters. The summed E-state index contributed by atoms with van der Waals surface area (Å²) in [6.45, 7) is 4.09. The summed E-state index contributed by atoms with van der Waals surface area (Å²) >= 11 is 3.31. The molecule has 0 bridgehead atoms. The van der Waals surface area contributed by atoms with Gasteiger partial charge in [0, 0.05) is 11.4 Å². The van der Waals surface area contributed by atoms with Crippen LogP contribution in [0.1, 0.15) is 30.6 Å². The Labute approximate surface area is 115 Å². The molecule has 1 amide bonds. The molecule has 3 nitrogen and oxygen atoms in total. The van der Waals surface area contributed by atoms with Gasteiger partial charge in [-0.15, -0.1) is 0 Å². The van der Waals surface area contributed by atoms with E-state index in [1.165, 1.54) is 12.1 Å². The summed E-state index contributed by atoms with van der Waals surface area (Å²) in [5.41, 5.74) is -0.299. The molecule has 18 heavy (non-hydrogen) atoms. The molecule has 0 spiro atoms. The first-order valence-corrected chi connectivity index (χ1v) is 6.92. The first kappa shape index (κ1) is 15.0. The number of halogens is 2. The number of phenols is 1. The molecule has 0 aliphatic rings. The molecule has 1 aromatic rings. The van der Waals surface area contributed by atoms with Crippen molar-refractivity contribution in [3.8, 4) is 5.75 Å². The Balaban J connectivity index is 2.81. The van der Waals surface area contributed by atoms with Gasteiger partial charge in [-0.3, -0.25) is 4.79 Å². The van der Waals surface area contributed by atoms with E-state index in [1.54, 1.807) is 0 Å². The Morgan fingerprint density at radius 2 is 2.17 bits per heavy atom. The topological polar surface area (TPSA) is 49.3 Å². The van der Waals surface area contributed by atoms with Crippen LogP contribution >= 0.6 is 15.9 Å². The highest BCUT2D eigenvalue weighted by atomic mass is 79.9. The molecule has 0 saturated carbocycles. The average Bonchev–Trinajstić information content (AvgIpc) is 2.27. The second-order valence-corrected chi connectivity index (χ2v) is 5.24. The maximum absolute atomic E-state index is 13.5. The predicted molar refractivity (Wildman–Crippen MR) is 72.6 cm³/mol. The van der Waals surface area contributed by atoms with E-state index >= 15 is 0 Å². The fourth-order valence-corrected chi connectivity index (χ4v) is 2.15. The van der Waals surface area contributed by atoms with Gasteiger partial charge in [-0.05, 0) is 24.5 Å². The molecular formula is C13H17BrFNO2. The molecule has 1 aromatic carbocycles. The number of carbonyl (C=O) groups excluding carboxylic acids is 1. The van der Waals surface area contributed by atoms with Crippen LogP contribution in [0.3, 0.4) is 0 Å². The summed E-state index contributed by atoms with van der Waals surface area (Å²) in [5, 5.41) is 12.8. The van der Waals surface area contributed by atoms with E-state index in [9.17, 15) is 14.3 Å². The summed E-state index contributed by atoms with van der Waals surface area (Å²) in [5.74, 6) is -1.23. The van der Waals surface area contributed by atoms with Crippen molar-refractivity contribution >= 4 is 21.8 Å². The number of phenolic OH excluding ortho intramolecular Hbond substituents is 1. The Morgan fingerprint density at radius 3 is 2.67 bits per heavy atom. The minimum absolute atomic E-state index is 0.0866. The zero-order valence-electron chi connectivity index (χ0n) is 10.4. The van der Waals surface area contributed by atoms with E-state index in [0.717, 1.165) is 12.5 Å². The predicted octanol–water partition coefficient (Wildman–Crippen LogP) is 3.07. The van der Waals surface area contributed by atoms with Gasteiger partial charge < -0.3 is 10.4 Å². The van der Waals surface area contributed by atoms with Crippen molar-refractivity contribution in [1.29, 1.82) is 0 Å². The highest BCUT2D eigenvalue weighted by Crippen LogP contribution is 2.20. The van der Waals surface area contributed by atoms with Crippen LogP contribution in [0.15, 0.2) is 18.2 Å². The quantitative estimate of drug-likeness (QED) is 0.820. The molecule has 0 aromatic heterocycles. The third-order valence-corrected chi connectivity index (χ3v) is 3.28. The Kier molecular flexibility index (Phi) is 5.59. The fraction of sp³-hybridized carbons (Fsp3) is 0.462. The summed E-state index contributed by atoms with van der Waals surface area (Å²) in [7, 11) is 0. The van der Waals surface area contributed by atoms with Gasteiger partial charge in [-0.25, -0.2) is 4.39 Å². The molecule has 0 heterocycles. The lowest BCUT2D eigenvalue weighted by atomic mass is 10.0. The van der Waals surface area contributed by atoms with Crippen molar-refractivity contribution in [3.63, 3.8) is 0 Å². The molecule has 100 valence electrons. The van der Waals surface area contributed by atoms with E-state index < -0.39 is 11.7 Å². The number of rotatable bonds is 5. The molecule has 1 rings (SSSR count). The zero-order chi connectivity index (χ0) is 13.7. The first-order chi connectivity index (χ1) is 8.45. The number of aromatic hydroxyl groups is 1. The monoisotopic (exact) mass is 317 g/mol.